The lowest BCUT2D eigenvalue weighted by molar-refractivity contribution is 0.0750. The molecule has 0 spiro atoms. The molecule has 1 heteroatoms. The van der Waals surface area contributed by atoms with Crippen molar-refractivity contribution < 1.29 is 5.11 Å². The maximum absolute atomic E-state index is 9.79. The van der Waals surface area contributed by atoms with Gasteiger partial charge < -0.3 is 5.11 Å². The minimum atomic E-state index is -0.665. The van der Waals surface area contributed by atoms with E-state index in [1.165, 1.54) is 0 Å². The van der Waals surface area contributed by atoms with Crippen LogP contribution in [0.15, 0.2) is 42.5 Å². The Hall–Kier alpha value is -1.08. The van der Waals surface area contributed by atoms with Crippen molar-refractivity contribution in [2.24, 2.45) is 0 Å². The minimum absolute atomic E-state index is 0.665. The van der Waals surface area contributed by atoms with E-state index in [4.69, 9.17) is 0 Å². The molecular weight excluding hydrogens is 136 g/mol. The van der Waals surface area contributed by atoms with Gasteiger partial charge in [0, 0.05) is 6.42 Å². The topological polar surface area (TPSA) is 20.2 Å². The highest BCUT2D eigenvalue weighted by molar-refractivity contribution is 5.32. The van der Waals surface area contributed by atoms with Gasteiger partial charge in [-0.25, -0.2) is 0 Å². The molecule has 11 heavy (non-hydrogen) atoms. The van der Waals surface area contributed by atoms with Crippen LogP contribution in [0, 0.1) is 0 Å². The summed E-state index contributed by atoms with van der Waals surface area (Å²) in [6.07, 6.45) is 4.56. The van der Waals surface area contributed by atoms with Crippen LogP contribution in [0.5, 0.6) is 0 Å². The standard InChI is InChI=1S/C10H10O/c11-10(7-4-8-10)9-5-2-1-3-6-9/h1-7,11H,8H2. The largest absolute Gasteiger partial charge is 0.381 e. The zero-order valence-electron chi connectivity index (χ0n) is 6.20. The summed E-state index contributed by atoms with van der Waals surface area (Å²) in [5.41, 5.74) is 0.323. The van der Waals surface area contributed by atoms with Gasteiger partial charge in [-0.05, 0) is 5.56 Å². The van der Waals surface area contributed by atoms with Gasteiger partial charge in [-0.1, -0.05) is 42.5 Å². The molecule has 1 aliphatic rings. The second-order valence-electron chi connectivity index (χ2n) is 2.90. The summed E-state index contributed by atoms with van der Waals surface area (Å²) in [5.74, 6) is 0. The fraction of sp³-hybridized carbons (Fsp3) is 0.200. The van der Waals surface area contributed by atoms with E-state index in [0.29, 0.717) is 0 Å². The Morgan fingerprint density at radius 2 is 1.82 bits per heavy atom. The van der Waals surface area contributed by atoms with E-state index in [0.717, 1.165) is 12.0 Å². The van der Waals surface area contributed by atoms with E-state index < -0.39 is 5.60 Å². The smallest absolute Gasteiger partial charge is 0.111 e. The lowest BCUT2D eigenvalue weighted by Gasteiger charge is -2.29. The van der Waals surface area contributed by atoms with Crippen molar-refractivity contribution in [2.45, 2.75) is 12.0 Å². The molecule has 0 heterocycles. The molecule has 1 nitrogen and oxygen atoms in total. The van der Waals surface area contributed by atoms with Crippen molar-refractivity contribution in [1.29, 1.82) is 0 Å². The quantitative estimate of drug-likeness (QED) is 0.599. The molecule has 1 atom stereocenters. The van der Waals surface area contributed by atoms with Crippen LogP contribution in [0.1, 0.15) is 12.0 Å². The molecule has 56 valence electrons. The van der Waals surface area contributed by atoms with Gasteiger partial charge in [-0.15, -0.1) is 0 Å². The summed E-state index contributed by atoms with van der Waals surface area (Å²) in [5, 5.41) is 9.79. The van der Waals surface area contributed by atoms with E-state index in [1.807, 2.05) is 42.5 Å². The summed E-state index contributed by atoms with van der Waals surface area (Å²) in [7, 11) is 0. The van der Waals surface area contributed by atoms with Gasteiger partial charge in [0.05, 0.1) is 0 Å². The Morgan fingerprint density at radius 3 is 2.27 bits per heavy atom. The predicted octanol–water partition coefficient (Wildman–Crippen LogP) is 1.83. The zero-order valence-corrected chi connectivity index (χ0v) is 6.20. The first-order valence-corrected chi connectivity index (χ1v) is 3.77. The molecule has 1 unspecified atom stereocenters. The normalized spacial score (nSPS) is 28.1. The zero-order chi connectivity index (χ0) is 7.73. The molecule has 0 radical (unpaired) electrons. The molecule has 2 rings (SSSR count). The average molecular weight is 146 g/mol. The van der Waals surface area contributed by atoms with E-state index in [9.17, 15) is 5.11 Å². The average Bonchev–Trinajstić information content (AvgIpc) is 2.02. The lowest BCUT2D eigenvalue weighted by Crippen LogP contribution is -2.27. The molecule has 0 aliphatic heterocycles. The fourth-order valence-electron chi connectivity index (χ4n) is 1.28. The molecule has 1 aromatic rings. The number of benzene rings is 1. The van der Waals surface area contributed by atoms with Crippen LogP contribution in [0.3, 0.4) is 0 Å². The van der Waals surface area contributed by atoms with Crippen molar-refractivity contribution in [3.63, 3.8) is 0 Å². The third-order valence-corrected chi connectivity index (χ3v) is 2.10. The highest BCUT2D eigenvalue weighted by Crippen LogP contribution is 2.33. The SMILES string of the molecule is OC1(c2ccccc2)C=CC1. The van der Waals surface area contributed by atoms with Gasteiger partial charge in [-0.2, -0.15) is 0 Å². The van der Waals surface area contributed by atoms with Crippen molar-refractivity contribution >= 4 is 0 Å². The summed E-state index contributed by atoms with van der Waals surface area (Å²) in [6.45, 7) is 0. The van der Waals surface area contributed by atoms with Gasteiger partial charge in [0.25, 0.3) is 0 Å². The number of aliphatic hydroxyl groups is 1. The Kier molecular flexibility index (Phi) is 1.33. The molecule has 1 aromatic carbocycles. The number of hydrogen-bond donors (Lipinski definition) is 1. The van der Waals surface area contributed by atoms with Crippen LogP contribution in [-0.2, 0) is 5.60 Å². The first kappa shape index (κ1) is 6.62. The van der Waals surface area contributed by atoms with E-state index in [1.54, 1.807) is 0 Å². The lowest BCUT2D eigenvalue weighted by atomic mass is 9.83. The summed E-state index contributed by atoms with van der Waals surface area (Å²) in [4.78, 5) is 0. The van der Waals surface area contributed by atoms with Crippen LogP contribution >= 0.6 is 0 Å². The first-order valence-electron chi connectivity index (χ1n) is 3.77. The molecule has 0 fully saturated rings. The Labute approximate surface area is 66.0 Å². The molecule has 0 saturated heterocycles. The molecular formula is C10H10O. The van der Waals surface area contributed by atoms with Gasteiger partial charge in [0.1, 0.15) is 5.60 Å². The van der Waals surface area contributed by atoms with Crippen LogP contribution in [0.25, 0.3) is 0 Å². The molecule has 0 bridgehead atoms. The highest BCUT2D eigenvalue weighted by atomic mass is 16.3. The summed E-state index contributed by atoms with van der Waals surface area (Å²) >= 11 is 0. The Balaban J connectivity index is 2.37. The second-order valence-corrected chi connectivity index (χ2v) is 2.90. The molecule has 1 aliphatic carbocycles. The number of hydrogen-bond acceptors (Lipinski definition) is 1. The fourth-order valence-corrected chi connectivity index (χ4v) is 1.28. The molecule has 0 aromatic heterocycles. The highest BCUT2D eigenvalue weighted by Gasteiger charge is 2.29. The molecule has 0 saturated carbocycles. The molecule has 0 amide bonds. The van der Waals surface area contributed by atoms with Crippen molar-refractivity contribution in [2.75, 3.05) is 0 Å². The maximum atomic E-state index is 9.79. The predicted molar refractivity (Wildman–Crippen MR) is 44.1 cm³/mol. The third-order valence-electron chi connectivity index (χ3n) is 2.10. The van der Waals surface area contributed by atoms with Gasteiger partial charge >= 0.3 is 0 Å². The second kappa shape index (κ2) is 2.21. The monoisotopic (exact) mass is 146 g/mol. The van der Waals surface area contributed by atoms with E-state index in [-0.39, 0.29) is 0 Å². The van der Waals surface area contributed by atoms with Gasteiger partial charge in [0.15, 0.2) is 0 Å². The Morgan fingerprint density at radius 1 is 1.18 bits per heavy atom. The van der Waals surface area contributed by atoms with Crippen LogP contribution in [0.4, 0.5) is 0 Å². The van der Waals surface area contributed by atoms with E-state index in [2.05, 4.69) is 0 Å². The molecule has 1 N–H and O–H groups in total. The van der Waals surface area contributed by atoms with Crippen molar-refractivity contribution in [3.05, 3.63) is 48.0 Å². The number of rotatable bonds is 1. The van der Waals surface area contributed by atoms with Crippen molar-refractivity contribution in [3.8, 4) is 0 Å². The minimum Gasteiger partial charge on any atom is -0.381 e. The van der Waals surface area contributed by atoms with Crippen LogP contribution in [-0.4, -0.2) is 5.11 Å². The van der Waals surface area contributed by atoms with Crippen LogP contribution < -0.4 is 0 Å². The Bertz CT molecular complexity index is 276. The van der Waals surface area contributed by atoms with Crippen LogP contribution in [0.2, 0.25) is 0 Å². The maximum Gasteiger partial charge on any atom is 0.111 e. The summed E-state index contributed by atoms with van der Waals surface area (Å²) in [6, 6.07) is 9.74. The van der Waals surface area contributed by atoms with E-state index >= 15 is 0 Å². The van der Waals surface area contributed by atoms with Gasteiger partial charge in [0.2, 0.25) is 0 Å². The van der Waals surface area contributed by atoms with Crippen molar-refractivity contribution in [1.82, 2.24) is 0 Å². The third kappa shape index (κ3) is 0.976. The first-order chi connectivity index (χ1) is 5.31. The summed E-state index contributed by atoms with van der Waals surface area (Å²) < 4.78 is 0. The van der Waals surface area contributed by atoms with Gasteiger partial charge in [-0.3, -0.25) is 0 Å².